The lowest BCUT2D eigenvalue weighted by Crippen LogP contribution is -2.49. The number of aryl methyl sites for hydroxylation is 1. The number of carbonyl (C=O) groups excluding carboxylic acids is 4. The molecule has 158 valence electrons. The number of rotatable bonds is 7. The van der Waals surface area contributed by atoms with E-state index < -0.39 is 42.3 Å². The molecule has 30 heavy (non-hydrogen) atoms. The standard InChI is InChI=1S/C22H24N2O6/c1-13(2)19(24-20(26)16-7-5-6-8-17(16)21(24)27)22(28)29-12-18(25)23(4)11-15-10-9-14(3)30-15/h5-10,13,19H,11-12H2,1-4H3/t19-/m1/s1. The van der Waals surface area contributed by atoms with Crippen molar-refractivity contribution in [3.8, 4) is 0 Å². The van der Waals surface area contributed by atoms with Crippen LogP contribution in [0.2, 0.25) is 0 Å². The first-order chi connectivity index (χ1) is 14.2. The van der Waals surface area contributed by atoms with E-state index in [0.717, 1.165) is 10.7 Å². The van der Waals surface area contributed by atoms with E-state index in [0.29, 0.717) is 5.76 Å². The molecule has 1 aromatic heterocycles. The van der Waals surface area contributed by atoms with Crippen LogP contribution in [0.25, 0.3) is 0 Å². The SMILES string of the molecule is Cc1ccc(CN(C)C(=O)COC(=O)[C@@H](C(C)C)N2C(=O)c3ccccc3C2=O)o1. The maximum atomic E-state index is 12.7. The summed E-state index contributed by atoms with van der Waals surface area (Å²) in [5.74, 6) is -1.35. The smallest absolute Gasteiger partial charge is 0.330 e. The minimum atomic E-state index is -1.12. The number of amides is 3. The molecule has 1 aliphatic rings. The monoisotopic (exact) mass is 412 g/mol. The molecule has 2 aromatic rings. The second-order valence-electron chi connectivity index (χ2n) is 7.58. The van der Waals surface area contributed by atoms with E-state index in [1.165, 1.54) is 4.90 Å². The number of imide groups is 1. The quantitative estimate of drug-likeness (QED) is 0.512. The Bertz CT molecular complexity index is 958. The number of fused-ring (bicyclic) bond motifs is 1. The predicted octanol–water partition coefficient (Wildman–Crippen LogP) is 2.41. The molecule has 0 radical (unpaired) electrons. The Balaban J connectivity index is 1.66. The van der Waals surface area contributed by atoms with Crippen molar-refractivity contribution in [1.29, 1.82) is 0 Å². The molecule has 0 saturated heterocycles. The molecule has 8 nitrogen and oxygen atoms in total. The molecule has 1 aromatic carbocycles. The third-order valence-corrected chi connectivity index (χ3v) is 4.93. The number of nitrogens with zero attached hydrogens (tertiary/aromatic N) is 2. The van der Waals surface area contributed by atoms with Crippen LogP contribution in [0, 0.1) is 12.8 Å². The molecule has 1 aliphatic heterocycles. The Morgan fingerprint density at radius 1 is 1.07 bits per heavy atom. The van der Waals surface area contributed by atoms with Gasteiger partial charge in [-0.3, -0.25) is 19.3 Å². The van der Waals surface area contributed by atoms with Gasteiger partial charge in [0.15, 0.2) is 6.61 Å². The van der Waals surface area contributed by atoms with Gasteiger partial charge < -0.3 is 14.1 Å². The van der Waals surface area contributed by atoms with E-state index in [9.17, 15) is 19.2 Å². The molecule has 0 unspecified atom stereocenters. The fraction of sp³-hybridized carbons (Fsp3) is 0.364. The second-order valence-corrected chi connectivity index (χ2v) is 7.58. The van der Waals surface area contributed by atoms with E-state index in [2.05, 4.69) is 0 Å². The first-order valence-electron chi connectivity index (χ1n) is 9.63. The third kappa shape index (κ3) is 4.12. The molecule has 3 amide bonds. The summed E-state index contributed by atoms with van der Waals surface area (Å²) in [5, 5.41) is 0. The van der Waals surface area contributed by atoms with Gasteiger partial charge in [-0.1, -0.05) is 26.0 Å². The summed E-state index contributed by atoms with van der Waals surface area (Å²) in [6.45, 7) is 4.96. The van der Waals surface area contributed by atoms with Crippen molar-refractivity contribution in [3.05, 3.63) is 59.0 Å². The Morgan fingerprint density at radius 2 is 1.67 bits per heavy atom. The maximum absolute atomic E-state index is 12.7. The fourth-order valence-electron chi connectivity index (χ4n) is 3.36. The highest BCUT2D eigenvalue weighted by molar-refractivity contribution is 6.22. The van der Waals surface area contributed by atoms with Crippen molar-refractivity contribution in [2.75, 3.05) is 13.7 Å². The maximum Gasteiger partial charge on any atom is 0.330 e. The molecule has 0 bridgehead atoms. The van der Waals surface area contributed by atoms with Gasteiger partial charge in [0.25, 0.3) is 17.7 Å². The summed E-state index contributed by atoms with van der Waals surface area (Å²) < 4.78 is 10.6. The minimum Gasteiger partial charge on any atom is -0.464 e. The van der Waals surface area contributed by atoms with Crippen LogP contribution in [0.3, 0.4) is 0 Å². The summed E-state index contributed by atoms with van der Waals surface area (Å²) in [5.41, 5.74) is 0.510. The Hall–Kier alpha value is -3.42. The van der Waals surface area contributed by atoms with E-state index >= 15 is 0 Å². The van der Waals surface area contributed by atoms with Crippen molar-refractivity contribution in [1.82, 2.24) is 9.80 Å². The van der Waals surface area contributed by atoms with Crippen LogP contribution in [0.1, 0.15) is 46.1 Å². The van der Waals surface area contributed by atoms with Crippen LogP contribution in [0.5, 0.6) is 0 Å². The van der Waals surface area contributed by atoms with Crippen LogP contribution >= 0.6 is 0 Å². The van der Waals surface area contributed by atoms with Gasteiger partial charge in [-0.05, 0) is 37.1 Å². The third-order valence-electron chi connectivity index (χ3n) is 4.93. The van der Waals surface area contributed by atoms with Crippen LogP contribution in [-0.4, -0.2) is 53.2 Å². The van der Waals surface area contributed by atoms with Gasteiger partial charge in [0.05, 0.1) is 17.7 Å². The van der Waals surface area contributed by atoms with E-state index in [1.807, 2.05) is 0 Å². The normalized spacial score (nSPS) is 14.1. The molecule has 1 atom stereocenters. The molecule has 0 saturated carbocycles. The predicted molar refractivity (Wildman–Crippen MR) is 106 cm³/mol. The Labute approximate surface area is 174 Å². The Morgan fingerprint density at radius 3 is 2.17 bits per heavy atom. The average Bonchev–Trinajstić information content (AvgIpc) is 3.22. The zero-order valence-corrected chi connectivity index (χ0v) is 17.4. The highest BCUT2D eigenvalue weighted by atomic mass is 16.5. The summed E-state index contributed by atoms with van der Waals surface area (Å²) in [4.78, 5) is 52.8. The van der Waals surface area contributed by atoms with Gasteiger partial charge in [0.2, 0.25) is 0 Å². The number of likely N-dealkylation sites (N-methyl/N-ethyl adjacent to an activating group) is 1. The van der Waals surface area contributed by atoms with Crippen molar-refractivity contribution < 1.29 is 28.3 Å². The van der Waals surface area contributed by atoms with Crippen molar-refractivity contribution >= 4 is 23.7 Å². The van der Waals surface area contributed by atoms with Crippen LogP contribution < -0.4 is 0 Å². The van der Waals surface area contributed by atoms with Gasteiger partial charge in [0, 0.05) is 7.05 Å². The summed E-state index contributed by atoms with van der Waals surface area (Å²) in [6.07, 6.45) is 0. The lowest BCUT2D eigenvalue weighted by Gasteiger charge is -2.27. The zero-order valence-electron chi connectivity index (χ0n) is 17.4. The number of benzene rings is 1. The van der Waals surface area contributed by atoms with Gasteiger partial charge >= 0.3 is 5.97 Å². The lowest BCUT2D eigenvalue weighted by molar-refractivity contribution is -0.156. The summed E-state index contributed by atoms with van der Waals surface area (Å²) >= 11 is 0. The van der Waals surface area contributed by atoms with Crippen LogP contribution in [0.15, 0.2) is 40.8 Å². The molecular formula is C22H24N2O6. The first-order valence-corrected chi connectivity index (χ1v) is 9.63. The van der Waals surface area contributed by atoms with Crippen molar-refractivity contribution in [3.63, 3.8) is 0 Å². The van der Waals surface area contributed by atoms with Gasteiger partial charge in [0.1, 0.15) is 17.6 Å². The molecule has 2 heterocycles. The lowest BCUT2D eigenvalue weighted by atomic mass is 10.0. The van der Waals surface area contributed by atoms with E-state index in [4.69, 9.17) is 9.15 Å². The van der Waals surface area contributed by atoms with Crippen molar-refractivity contribution in [2.24, 2.45) is 5.92 Å². The van der Waals surface area contributed by atoms with Gasteiger partial charge in [-0.2, -0.15) is 0 Å². The number of hydrogen-bond acceptors (Lipinski definition) is 6. The van der Waals surface area contributed by atoms with Gasteiger partial charge in [-0.25, -0.2) is 4.79 Å². The number of furan rings is 1. The van der Waals surface area contributed by atoms with Crippen molar-refractivity contribution in [2.45, 2.75) is 33.4 Å². The number of hydrogen-bond donors (Lipinski definition) is 0. The fourth-order valence-corrected chi connectivity index (χ4v) is 3.36. The molecular weight excluding hydrogens is 388 g/mol. The topological polar surface area (TPSA) is 97.1 Å². The highest BCUT2D eigenvalue weighted by Crippen LogP contribution is 2.27. The number of esters is 1. The minimum absolute atomic E-state index is 0.232. The van der Waals surface area contributed by atoms with E-state index in [-0.39, 0.29) is 17.7 Å². The first kappa shape index (κ1) is 21.3. The molecule has 8 heteroatoms. The molecule has 0 aliphatic carbocycles. The van der Waals surface area contributed by atoms with Crippen LogP contribution in [0.4, 0.5) is 0 Å². The molecule has 3 rings (SSSR count). The Kier molecular flexibility index (Phi) is 6.05. The van der Waals surface area contributed by atoms with Gasteiger partial charge in [-0.15, -0.1) is 0 Å². The largest absolute Gasteiger partial charge is 0.464 e. The van der Waals surface area contributed by atoms with E-state index in [1.54, 1.807) is 64.2 Å². The zero-order chi connectivity index (χ0) is 22.0. The number of ether oxygens (including phenoxy) is 1. The summed E-state index contributed by atoms with van der Waals surface area (Å²) in [6, 6.07) is 8.85. The summed E-state index contributed by atoms with van der Waals surface area (Å²) in [7, 11) is 1.57. The number of carbonyl (C=O) groups is 4. The molecule has 0 spiro atoms. The molecule has 0 N–H and O–H groups in total. The highest BCUT2D eigenvalue weighted by Gasteiger charge is 2.44. The molecule has 0 fully saturated rings. The van der Waals surface area contributed by atoms with Crippen LogP contribution in [-0.2, 0) is 20.9 Å². The average molecular weight is 412 g/mol. The second kappa shape index (κ2) is 8.52.